The lowest BCUT2D eigenvalue weighted by Crippen LogP contribution is -2.49. The molecule has 1 aromatic carbocycles. The summed E-state index contributed by atoms with van der Waals surface area (Å²) in [5.41, 5.74) is -3.40. The van der Waals surface area contributed by atoms with E-state index < -0.39 is 17.9 Å². The van der Waals surface area contributed by atoms with Crippen LogP contribution in [0.4, 0.5) is 23.7 Å². The van der Waals surface area contributed by atoms with E-state index in [2.05, 4.69) is 21.9 Å². The van der Waals surface area contributed by atoms with Crippen LogP contribution in [0.15, 0.2) is 18.2 Å². The Morgan fingerprint density at radius 2 is 2.09 bits per heavy atom. The third-order valence-electron chi connectivity index (χ3n) is 2.90. The molecule has 0 aromatic heterocycles. The van der Waals surface area contributed by atoms with Gasteiger partial charge in [0.1, 0.15) is 0 Å². The first-order chi connectivity index (χ1) is 10.2. The molecule has 22 heavy (non-hydrogen) atoms. The number of amides is 1. The van der Waals surface area contributed by atoms with Gasteiger partial charge in [0.2, 0.25) is 0 Å². The molecule has 0 saturated carbocycles. The molecule has 4 nitrogen and oxygen atoms in total. The van der Waals surface area contributed by atoms with E-state index in [1.165, 1.54) is 12.1 Å². The molecule has 1 aliphatic heterocycles. The molecule has 0 radical (unpaired) electrons. The molecular formula is C14H12ClF3N2O2. The summed E-state index contributed by atoms with van der Waals surface area (Å²) in [7, 11) is 3.32. The summed E-state index contributed by atoms with van der Waals surface area (Å²) in [6, 6.07) is 3.75. The standard InChI is InChI=1S/C14H12ClF3N2O2/c1-20(2)7-3-6-13(14(16,17)18)10-8-9(15)4-5-11(10)19-12(21)22-13/h4-5,8H,7H2,1-2H3,(H,19,21). The highest BCUT2D eigenvalue weighted by Gasteiger charge is 2.61. The van der Waals surface area contributed by atoms with Crippen molar-refractivity contribution in [2.24, 2.45) is 0 Å². The number of hydrogen-bond donors (Lipinski definition) is 1. The smallest absolute Gasteiger partial charge is 0.415 e. The van der Waals surface area contributed by atoms with E-state index in [1.807, 2.05) is 0 Å². The van der Waals surface area contributed by atoms with Gasteiger partial charge in [0, 0.05) is 10.6 Å². The molecule has 0 aliphatic carbocycles. The van der Waals surface area contributed by atoms with Gasteiger partial charge in [-0.15, -0.1) is 0 Å². The second-order valence-electron chi connectivity index (χ2n) is 4.92. The van der Waals surface area contributed by atoms with Crippen molar-refractivity contribution in [1.29, 1.82) is 0 Å². The molecule has 1 aromatic rings. The van der Waals surface area contributed by atoms with Crippen molar-refractivity contribution < 1.29 is 22.7 Å². The number of fused-ring (bicyclic) bond motifs is 1. The summed E-state index contributed by atoms with van der Waals surface area (Å²) < 4.78 is 45.5. The van der Waals surface area contributed by atoms with Gasteiger partial charge in [-0.3, -0.25) is 10.2 Å². The largest absolute Gasteiger partial charge is 0.445 e. The molecule has 1 atom stereocenters. The maximum Gasteiger partial charge on any atom is 0.445 e. The van der Waals surface area contributed by atoms with Crippen LogP contribution in [0, 0.1) is 11.8 Å². The summed E-state index contributed by atoms with van der Waals surface area (Å²) in [6.07, 6.45) is -6.13. The summed E-state index contributed by atoms with van der Waals surface area (Å²) in [5.74, 6) is 4.45. The third kappa shape index (κ3) is 2.98. The van der Waals surface area contributed by atoms with E-state index in [0.717, 1.165) is 6.07 Å². The quantitative estimate of drug-likeness (QED) is 0.803. The lowest BCUT2D eigenvalue weighted by Gasteiger charge is -2.35. The second-order valence-corrected chi connectivity index (χ2v) is 5.36. The van der Waals surface area contributed by atoms with E-state index in [9.17, 15) is 18.0 Å². The zero-order valence-corrected chi connectivity index (χ0v) is 12.5. The van der Waals surface area contributed by atoms with E-state index in [4.69, 9.17) is 11.6 Å². The Morgan fingerprint density at radius 3 is 2.68 bits per heavy atom. The van der Waals surface area contributed by atoms with Gasteiger partial charge in [0.15, 0.2) is 0 Å². The predicted octanol–water partition coefficient (Wildman–Crippen LogP) is 3.22. The van der Waals surface area contributed by atoms with Crippen molar-refractivity contribution in [1.82, 2.24) is 4.90 Å². The Balaban J connectivity index is 2.65. The number of alkyl halides is 3. The predicted molar refractivity (Wildman–Crippen MR) is 75.6 cm³/mol. The molecule has 1 unspecified atom stereocenters. The Hall–Kier alpha value is -1.91. The molecule has 1 heterocycles. The molecular weight excluding hydrogens is 321 g/mol. The normalized spacial score (nSPS) is 20.6. The summed E-state index contributed by atoms with van der Waals surface area (Å²) in [4.78, 5) is 13.1. The average Bonchev–Trinajstić information content (AvgIpc) is 2.37. The fourth-order valence-electron chi connectivity index (χ4n) is 1.94. The molecule has 1 amide bonds. The summed E-state index contributed by atoms with van der Waals surface area (Å²) >= 11 is 5.78. The van der Waals surface area contributed by atoms with Crippen LogP contribution in [-0.2, 0) is 10.3 Å². The number of carbonyl (C=O) groups excluding carboxylic acids is 1. The molecule has 2 rings (SSSR count). The first kappa shape index (κ1) is 16.5. The van der Waals surface area contributed by atoms with Crippen molar-refractivity contribution in [2.45, 2.75) is 11.8 Å². The van der Waals surface area contributed by atoms with Crippen LogP contribution in [0.1, 0.15) is 5.56 Å². The highest BCUT2D eigenvalue weighted by atomic mass is 35.5. The number of anilines is 1. The number of carbonyl (C=O) groups is 1. The van der Waals surface area contributed by atoms with Gasteiger partial charge in [-0.2, -0.15) is 13.2 Å². The van der Waals surface area contributed by atoms with Gasteiger partial charge in [0.05, 0.1) is 12.2 Å². The molecule has 0 saturated heterocycles. The molecule has 0 spiro atoms. The van der Waals surface area contributed by atoms with E-state index in [-0.39, 0.29) is 22.8 Å². The summed E-state index contributed by atoms with van der Waals surface area (Å²) in [6.45, 7) is 0.0821. The minimum absolute atomic E-state index is 0.0304. The van der Waals surface area contributed by atoms with E-state index >= 15 is 0 Å². The fraction of sp³-hybridized carbons (Fsp3) is 0.357. The Labute approximate surface area is 130 Å². The first-order valence-corrected chi connectivity index (χ1v) is 6.55. The van der Waals surface area contributed by atoms with Gasteiger partial charge in [-0.1, -0.05) is 17.5 Å². The van der Waals surface area contributed by atoms with Crippen LogP contribution < -0.4 is 5.32 Å². The van der Waals surface area contributed by atoms with E-state index in [1.54, 1.807) is 19.0 Å². The zero-order chi connectivity index (χ0) is 16.5. The maximum absolute atomic E-state index is 13.6. The number of hydrogen-bond acceptors (Lipinski definition) is 3. The van der Waals surface area contributed by atoms with Crippen LogP contribution in [-0.4, -0.2) is 37.8 Å². The number of cyclic esters (lactones) is 1. The Kier molecular flexibility index (Phi) is 4.27. The number of halogens is 4. The second kappa shape index (κ2) is 5.71. The minimum Gasteiger partial charge on any atom is -0.415 e. The topological polar surface area (TPSA) is 41.6 Å². The lowest BCUT2D eigenvalue weighted by atomic mass is 9.90. The monoisotopic (exact) mass is 332 g/mol. The van der Waals surface area contributed by atoms with Gasteiger partial charge in [-0.25, -0.2) is 4.79 Å². The highest BCUT2D eigenvalue weighted by Crippen LogP contribution is 2.47. The van der Waals surface area contributed by atoms with Crippen molar-refractivity contribution in [3.63, 3.8) is 0 Å². The third-order valence-corrected chi connectivity index (χ3v) is 3.14. The van der Waals surface area contributed by atoms with Crippen molar-refractivity contribution in [3.8, 4) is 11.8 Å². The van der Waals surface area contributed by atoms with Crippen LogP contribution in [0.3, 0.4) is 0 Å². The average molecular weight is 333 g/mol. The van der Waals surface area contributed by atoms with E-state index in [0.29, 0.717) is 0 Å². The maximum atomic E-state index is 13.6. The molecule has 1 N–H and O–H groups in total. The van der Waals surface area contributed by atoms with Crippen LogP contribution in [0.5, 0.6) is 0 Å². The van der Waals surface area contributed by atoms with Crippen LogP contribution >= 0.6 is 11.6 Å². The first-order valence-electron chi connectivity index (χ1n) is 6.17. The minimum atomic E-state index is -4.91. The van der Waals surface area contributed by atoms with Gasteiger partial charge in [-0.05, 0) is 38.2 Å². The molecule has 1 aliphatic rings. The Morgan fingerprint density at radius 1 is 1.41 bits per heavy atom. The Bertz CT molecular complexity index is 664. The van der Waals surface area contributed by atoms with Crippen LogP contribution in [0.2, 0.25) is 5.02 Å². The van der Waals surface area contributed by atoms with Crippen molar-refractivity contribution in [2.75, 3.05) is 26.0 Å². The molecule has 8 heteroatoms. The van der Waals surface area contributed by atoms with Gasteiger partial charge >= 0.3 is 12.3 Å². The lowest BCUT2D eigenvalue weighted by molar-refractivity contribution is -0.239. The molecule has 0 bridgehead atoms. The number of rotatable bonds is 1. The fourth-order valence-corrected chi connectivity index (χ4v) is 2.11. The van der Waals surface area contributed by atoms with Crippen molar-refractivity contribution >= 4 is 23.4 Å². The van der Waals surface area contributed by atoms with Crippen molar-refractivity contribution in [3.05, 3.63) is 28.8 Å². The summed E-state index contributed by atoms with van der Waals surface area (Å²) in [5, 5.41) is 2.30. The zero-order valence-electron chi connectivity index (χ0n) is 11.7. The van der Waals surface area contributed by atoms with Gasteiger partial charge in [0.25, 0.3) is 5.60 Å². The molecule has 118 valence electrons. The van der Waals surface area contributed by atoms with Gasteiger partial charge < -0.3 is 4.74 Å². The van der Waals surface area contributed by atoms with Crippen LogP contribution in [0.25, 0.3) is 0 Å². The number of nitrogens with zero attached hydrogens (tertiary/aromatic N) is 1. The SMILES string of the molecule is CN(C)CC#CC1(C(F)(F)F)OC(=O)Nc2ccc(Cl)cc21. The highest BCUT2D eigenvalue weighted by molar-refractivity contribution is 6.30. The molecule has 0 fully saturated rings. The number of ether oxygens (including phenoxy) is 1. The number of benzene rings is 1. The number of nitrogens with one attached hydrogen (secondary N) is 1.